The molecule has 1 aromatic heterocycles. The van der Waals surface area contributed by atoms with Crippen molar-refractivity contribution in [1.82, 2.24) is 20.2 Å². The minimum Gasteiger partial charge on any atom is -0.353 e. The Morgan fingerprint density at radius 2 is 2.38 bits per heavy atom. The van der Waals surface area contributed by atoms with Crippen molar-refractivity contribution in [2.75, 3.05) is 18.1 Å². The maximum atomic E-state index is 3.82. The first kappa shape index (κ1) is 10.3. The molecule has 1 heterocycles. The number of aromatic nitrogens is 4. The lowest BCUT2D eigenvalue weighted by Crippen LogP contribution is -2.11. The molecular formula is C7H15N5S. The molecule has 1 atom stereocenters. The zero-order valence-corrected chi connectivity index (χ0v) is 9.01. The van der Waals surface area contributed by atoms with E-state index in [2.05, 4.69) is 34.0 Å². The molecule has 1 unspecified atom stereocenters. The van der Waals surface area contributed by atoms with Crippen LogP contribution in [0.25, 0.3) is 0 Å². The van der Waals surface area contributed by atoms with Crippen molar-refractivity contribution in [3.8, 4) is 0 Å². The molecule has 1 rings (SSSR count). The van der Waals surface area contributed by atoms with E-state index in [-0.39, 0.29) is 0 Å². The summed E-state index contributed by atoms with van der Waals surface area (Å²) in [5.41, 5.74) is 0. The molecule has 0 bridgehead atoms. The molecule has 1 N–H and O–H groups in total. The molecule has 0 radical (unpaired) electrons. The summed E-state index contributed by atoms with van der Waals surface area (Å²) in [6.45, 7) is 3.12. The van der Waals surface area contributed by atoms with E-state index in [0.29, 0.717) is 5.25 Å². The lowest BCUT2D eigenvalue weighted by atomic mass is 10.3. The van der Waals surface area contributed by atoms with Gasteiger partial charge in [0.1, 0.15) is 0 Å². The van der Waals surface area contributed by atoms with Crippen LogP contribution in [0.3, 0.4) is 0 Å². The number of rotatable bonds is 5. The Hall–Kier alpha value is -0.780. The fraction of sp³-hybridized carbons (Fsp3) is 0.857. The molecule has 0 saturated heterocycles. The Balaban J connectivity index is 2.24. The van der Waals surface area contributed by atoms with Crippen molar-refractivity contribution in [3.63, 3.8) is 0 Å². The van der Waals surface area contributed by atoms with Crippen LogP contribution in [-0.2, 0) is 7.05 Å². The molecular weight excluding hydrogens is 186 g/mol. The number of anilines is 1. The molecule has 6 heteroatoms. The van der Waals surface area contributed by atoms with Crippen molar-refractivity contribution in [2.24, 2.45) is 7.05 Å². The van der Waals surface area contributed by atoms with Crippen LogP contribution in [0.4, 0.5) is 5.95 Å². The normalized spacial score (nSPS) is 12.8. The van der Waals surface area contributed by atoms with Gasteiger partial charge in [-0.1, -0.05) is 12.0 Å². The topological polar surface area (TPSA) is 55.6 Å². The predicted molar refractivity (Wildman–Crippen MR) is 54.9 cm³/mol. The summed E-state index contributed by atoms with van der Waals surface area (Å²) in [6, 6.07) is 0. The summed E-state index contributed by atoms with van der Waals surface area (Å²) in [7, 11) is 1.82. The summed E-state index contributed by atoms with van der Waals surface area (Å²) >= 11 is 1.87. The Kier molecular flexibility index (Phi) is 4.01. The summed E-state index contributed by atoms with van der Waals surface area (Å²) in [5.74, 6) is 0.730. The molecule has 0 amide bonds. The number of hydrogen-bond donors (Lipinski definition) is 1. The maximum absolute atomic E-state index is 3.82. The van der Waals surface area contributed by atoms with Crippen LogP contribution in [0, 0.1) is 0 Å². The maximum Gasteiger partial charge on any atom is 0.242 e. The minimum absolute atomic E-state index is 0.675. The van der Waals surface area contributed by atoms with Gasteiger partial charge in [-0.05, 0) is 23.1 Å². The van der Waals surface area contributed by atoms with Gasteiger partial charge in [0.05, 0.1) is 0 Å². The Labute approximate surface area is 82.3 Å². The highest BCUT2D eigenvalue weighted by Crippen LogP contribution is 2.09. The van der Waals surface area contributed by atoms with Gasteiger partial charge in [0.15, 0.2) is 0 Å². The van der Waals surface area contributed by atoms with Gasteiger partial charge < -0.3 is 5.32 Å². The zero-order chi connectivity index (χ0) is 9.68. The van der Waals surface area contributed by atoms with Gasteiger partial charge in [0.25, 0.3) is 0 Å². The molecule has 0 aliphatic heterocycles. The monoisotopic (exact) mass is 201 g/mol. The summed E-state index contributed by atoms with van der Waals surface area (Å²) < 4.78 is 1.63. The number of hydrogen-bond acceptors (Lipinski definition) is 5. The van der Waals surface area contributed by atoms with Gasteiger partial charge in [-0.3, -0.25) is 0 Å². The van der Waals surface area contributed by atoms with Crippen molar-refractivity contribution in [3.05, 3.63) is 0 Å². The third-order valence-corrected chi connectivity index (χ3v) is 2.90. The van der Waals surface area contributed by atoms with E-state index in [1.807, 2.05) is 18.8 Å². The van der Waals surface area contributed by atoms with E-state index >= 15 is 0 Å². The standard InChI is InChI=1S/C7H15N5S/c1-6(13-3)4-5-8-7-9-10-11-12(7)2/h6H,4-5H2,1-3H3,(H,8,9,11). The second-order valence-electron chi connectivity index (χ2n) is 2.89. The van der Waals surface area contributed by atoms with Gasteiger partial charge in [-0.2, -0.15) is 11.8 Å². The SMILES string of the molecule is CSC(C)CCNc1nnnn1C. The van der Waals surface area contributed by atoms with Gasteiger partial charge >= 0.3 is 0 Å². The van der Waals surface area contributed by atoms with Crippen molar-refractivity contribution >= 4 is 17.7 Å². The Bertz CT molecular complexity index is 249. The molecule has 1 aromatic rings. The third kappa shape index (κ3) is 3.22. The summed E-state index contributed by atoms with van der Waals surface area (Å²) in [4.78, 5) is 0. The van der Waals surface area contributed by atoms with Gasteiger partial charge in [-0.15, -0.1) is 0 Å². The molecule has 0 aromatic carbocycles. The number of thioether (sulfide) groups is 1. The molecule has 0 aliphatic rings. The van der Waals surface area contributed by atoms with Crippen LogP contribution >= 0.6 is 11.8 Å². The molecule has 13 heavy (non-hydrogen) atoms. The van der Waals surface area contributed by atoms with Gasteiger partial charge in [0, 0.05) is 18.8 Å². The first-order valence-electron chi connectivity index (χ1n) is 4.23. The smallest absolute Gasteiger partial charge is 0.242 e. The largest absolute Gasteiger partial charge is 0.353 e. The second kappa shape index (κ2) is 5.06. The molecule has 0 fully saturated rings. The van der Waals surface area contributed by atoms with E-state index in [4.69, 9.17) is 0 Å². The van der Waals surface area contributed by atoms with E-state index < -0.39 is 0 Å². The van der Waals surface area contributed by atoms with Gasteiger partial charge in [0.2, 0.25) is 5.95 Å². The summed E-state index contributed by atoms with van der Waals surface area (Å²) in [5, 5.41) is 14.9. The second-order valence-corrected chi connectivity index (χ2v) is 4.16. The molecule has 74 valence electrons. The first-order chi connectivity index (χ1) is 6.24. The molecule has 0 saturated carbocycles. The highest BCUT2D eigenvalue weighted by atomic mass is 32.2. The van der Waals surface area contributed by atoms with Crippen LogP contribution < -0.4 is 5.32 Å². The van der Waals surface area contributed by atoms with Crippen LogP contribution in [0.1, 0.15) is 13.3 Å². The van der Waals surface area contributed by atoms with Crippen LogP contribution in [0.15, 0.2) is 0 Å². The third-order valence-electron chi connectivity index (χ3n) is 1.86. The number of tetrazole rings is 1. The van der Waals surface area contributed by atoms with Crippen LogP contribution in [0.2, 0.25) is 0 Å². The molecule has 0 spiro atoms. The fourth-order valence-corrected chi connectivity index (χ4v) is 1.24. The zero-order valence-electron chi connectivity index (χ0n) is 8.19. The predicted octanol–water partition coefficient (Wildman–Crippen LogP) is 0.764. The van der Waals surface area contributed by atoms with E-state index in [1.54, 1.807) is 4.68 Å². The van der Waals surface area contributed by atoms with Crippen LogP contribution in [0.5, 0.6) is 0 Å². The molecule has 0 aliphatic carbocycles. The number of nitrogens with zero attached hydrogens (tertiary/aromatic N) is 4. The highest BCUT2D eigenvalue weighted by molar-refractivity contribution is 7.99. The lowest BCUT2D eigenvalue weighted by molar-refractivity contribution is 0.710. The van der Waals surface area contributed by atoms with E-state index in [1.165, 1.54) is 0 Å². The fourth-order valence-electron chi connectivity index (χ4n) is 0.884. The van der Waals surface area contributed by atoms with Crippen LogP contribution in [-0.4, -0.2) is 38.3 Å². The van der Waals surface area contributed by atoms with E-state index in [9.17, 15) is 0 Å². The first-order valence-corrected chi connectivity index (χ1v) is 5.52. The van der Waals surface area contributed by atoms with Crippen molar-refractivity contribution in [1.29, 1.82) is 0 Å². The minimum atomic E-state index is 0.675. The van der Waals surface area contributed by atoms with Crippen molar-refractivity contribution in [2.45, 2.75) is 18.6 Å². The number of aryl methyl sites for hydroxylation is 1. The lowest BCUT2D eigenvalue weighted by Gasteiger charge is -2.08. The van der Waals surface area contributed by atoms with Gasteiger partial charge in [-0.25, -0.2) is 4.68 Å². The van der Waals surface area contributed by atoms with Crippen molar-refractivity contribution < 1.29 is 0 Å². The average molecular weight is 201 g/mol. The molecule has 5 nitrogen and oxygen atoms in total. The van der Waals surface area contributed by atoms with E-state index in [0.717, 1.165) is 18.9 Å². The average Bonchev–Trinajstić information content (AvgIpc) is 2.52. The quantitative estimate of drug-likeness (QED) is 0.762. The Morgan fingerprint density at radius 3 is 2.92 bits per heavy atom. The summed E-state index contributed by atoms with van der Waals surface area (Å²) in [6.07, 6.45) is 3.24. The highest BCUT2D eigenvalue weighted by Gasteiger charge is 2.02. The Morgan fingerprint density at radius 1 is 1.62 bits per heavy atom. The number of nitrogens with one attached hydrogen (secondary N) is 1.